The molecule has 0 aliphatic carbocycles. The molecule has 3 aromatic carbocycles. The fourth-order valence-electron chi connectivity index (χ4n) is 3.08. The van der Waals surface area contributed by atoms with E-state index in [1.807, 2.05) is 83.8 Å². The molecule has 7 heteroatoms. The van der Waals surface area contributed by atoms with Crippen LogP contribution in [0.4, 0.5) is 5.69 Å². The van der Waals surface area contributed by atoms with E-state index in [0.717, 1.165) is 27.0 Å². The van der Waals surface area contributed by atoms with Crippen LogP contribution in [0.5, 0.6) is 5.75 Å². The number of ether oxygens (including phenoxy) is 1. The second-order valence-electron chi connectivity index (χ2n) is 6.52. The number of hydrogen-bond acceptors (Lipinski definition) is 6. The molecule has 4 rings (SSSR count). The molecule has 0 spiro atoms. The molecule has 1 aliphatic heterocycles. The maximum Gasteiger partial charge on any atom is 0.221 e. The average Bonchev–Trinajstić information content (AvgIpc) is 2.74. The number of benzene rings is 3. The molecule has 1 heterocycles. The first-order valence-electron chi connectivity index (χ1n) is 9.09. The van der Waals surface area contributed by atoms with Gasteiger partial charge in [0.1, 0.15) is 12.4 Å². The van der Waals surface area contributed by atoms with E-state index >= 15 is 0 Å². The zero-order valence-electron chi connectivity index (χ0n) is 15.6. The highest BCUT2D eigenvalue weighted by Gasteiger charge is 2.27. The van der Waals surface area contributed by atoms with E-state index in [2.05, 4.69) is 25.9 Å². The van der Waals surface area contributed by atoms with E-state index in [4.69, 9.17) is 16.2 Å². The summed E-state index contributed by atoms with van der Waals surface area (Å²) < 4.78 is 6.85. The van der Waals surface area contributed by atoms with Crippen molar-refractivity contribution in [3.63, 3.8) is 0 Å². The van der Waals surface area contributed by atoms with E-state index < -0.39 is 6.17 Å². The molecule has 3 aromatic rings. The van der Waals surface area contributed by atoms with Crippen LogP contribution < -0.4 is 21.1 Å². The van der Waals surface area contributed by atoms with Gasteiger partial charge in [0.2, 0.25) is 11.9 Å². The van der Waals surface area contributed by atoms with Gasteiger partial charge in [-0.05, 0) is 47.5 Å². The summed E-state index contributed by atoms with van der Waals surface area (Å²) in [5.74, 6) is 1.24. The third-order valence-electron chi connectivity index (χ3n) is 4.51. The fourth-order valence-corrected chi connectivity index (χ4v) is 3.35. The van der Waals surface area contributed by atoms with E-state index in [1.54, 1.807) is 0 Å². The molecule has 0 amide bonds. The molecule has 1 atom stereocenters. The van der Waals surface area contributed by atoms with Crippen LogP contribution in [0.1, 0.15) is 17.3 Å². The van der Waals surface area contributed by atoms with Crippen molar-refractivity contribution in [2.75, 3.05) is 4.90 Å². The van der Waals surface area contributed by atoms with Crippen molar-refractivity contribution in [2.45, 2.75) is 12.8 Å². The Balaban J connectivity index is 1.56. The fraction of sp³-hybridized carbons (Fsp3) is 0.0909. The molecule has 29 heavy (non-hydrogen) atoms. The second-order valence-corrected chi connectivity index (χ2v) is 7.44. The maximum absolute atomic E-state index is 6.19. The van der Waals surface area contributed by atoms with Crippen molar-refractivity contribution in [1.82, 2.24) is 0 Å². The predicted octanol–water partition coefficient (Wildman–Crippen LogP) is 4.18. The first-order chi connectivity index (χ1) is 14.1. The molecule has 0 saturated heterocycles. The van der Waals surface area contributed by atoms with Gasteiger partial charge in [-0.3, -0.25) is 4.90 Å². The largest absolute Gasteiger partial charge is 0.489 e. The zero-order valence-corrected chi connectivity index (χ0v) is 17.2. The van der Waals surface area contributed by atoms with Crippen LogP contribution in [-0.4, -0.2) is 11.9 Å². The number of nitrogens with two attached hydrogens (primary N) is 2. The number of anilines is 1. The summed E-state index contributed by atoms with van der Waals surface area (Å²) >= 11 is 3.45. The van der Waals surface area contributed by atoms with Gasteiger partial charge in [-0.25, -0.2) is 4.99 Å². The van der Waals surface area contributed by atoms with Crippen molar-refractivity contribution >= 4 is 33.5 Å². The first-order valence-corrected chi connectivity index (χ1v) is 9.88. The summed E-state index contributed by atoms with van der Waals surface area (Å²) in [7, 11) is 0. The Kier molecular flexibility index (Phi) is 5.48. The average molecular weight is 450 g/mol. The van der Waals surface area contributed by atoms with Crippen LogP contribution in [0.25, 0.3) is 0 Å². The monoisotopic (exact) mass is 449 g/mol. The molecule has 0 aromatic heterocycles. The number of hydrogen-bond donors (Lipinski definition) is 2. The lowest BCUT2D eigenvalue weighted by molar-refractivity contribution is 0.306. The minimum atomic E-state index is -0.406. The van der Waals surface area contributed by atoms with E-state index in [9.17, 15) is 0 Å². The minimum Gasteiger partial charge on any atom is -0.489 e. The van der Waals surface area contributed by atoms with Crippen LogP contribution in [0.3, 0.4) is 0 Å². The molecule has 0 bridgehead atoms. The van der Waals surface area contributed by atoms with Gasteiger partial charge < -0.3 is 16.2 Å². The standard InChI is InChI=1S/C22H20BrN5O/c23-17-8-10-18(11-9-17)28-20(26-21(24)27-22(28)25)16-6-12-19(13-7-16)29-14-15-4-2-1-3-5-15/h1-13,20H,14H2,(H4,24,25,26,27). The Bertz CT molecular complexity index is 1030. The molecule has 0 fully saturated rings. The summed E-state index contributed by atoms with van der Waals surface area (Å²) in [5, 5.41) is 0. The Morgan fingerprint density at radius 1 is 0.897 bits per heavy atom. The highest BCUT2D eigenvalue weighted by atomic mass is 79.9. The van der Waals surface area contributed by atoms with Gasteiger partial charge in [-0.1, -0.05) is 58.4 Å². The predicted molar refractivity (Wildman–Crippen MR) is 120 cm³/mol. The highest BCUT2D eigenvalue weighted by Crippen LogP contribution is 2.32. The Morgan fingerprint density at radius 3 is 2.28 bits per heavy atom. The lowest BCUT2D eigenvalue weighted by Crippen LogP contribution is -2.44. The zero-order chi connectivity index (χ0) is 20.2. The first kappa shape index (κ1) is 19.0. The molecule has 6 nitrogen and oxygen atoms in total. The maximum atomic E-state index is 6.19. The Morgan fingerprint density at radius 2 is 1.59 bits per heavy atom. The van der Waals surface area contributed by atoms with Crippen LogP contribution in [0.2, 0.25) is 0 Å². The van der Waals surface area contributed by atoms with Gasteiger partial charge in [0.15, 0.2) is 6.17 Å². The lowest BCUT2D eigenvalue weighted by Gasteiger charge is -2.32. The SMILES string of the molecule is NC1=NC(c2ccc(OCc3ccccc3)cc2)N(c2ccc(Br)cc2)C(N)=N1. The third kappa shape index (κ3) is 4.41. The number of halogens is 1. The van der Waals surface area contributed by atoms with E-state index in [1.165, 1.54) is 0 Å². The van der Waals surface area contributed by atoms with Crippen molar-refractivity contribution in [1.29, 1.82) is 0 Å². The molecule has 1 aliphatic rings. The minimum absolute atomic E-state index is 0.158. The molecule has 1 unspecified atom stereocenters. The summed E-state index contributed by atoms with van der Waals surface area (Å²) in [4.78, 5) is 10.5. The smallest absolute Gasteiger partial charge is 0.221 e. The van der Waals surface area contributed by atoms with Crippen LogP contribution in [0.15, 0.2) is 93.3 Å². The van der Waals surface area contributed by atoms with Gasteiger partial charge in [0.05, 0.1) is 0 Å². The van der Waals surface area contributed by atoms with Crippen LogP contribution in [0, 0.1) is 0 Å². The molecular weight excluding hydrogens is 430 g/mol. The Hall–Kier alpha value is -3.32. The Labute approximate surface area is 177 Å². The number of nitrogens with zero attached hydrogens (tertiary/aromatic N) is 3. The summed E-state index contributed by atoms with van der Waals surface area (Å²) in [5.41, 5.74) is 15.0. The third-order valence-corrected chi connectivity index (χ3v) is 5.04. The van der Waals surface area contributed by atoms with Gasteiger partial charge in [0.25, 0.3) is 0 Å². The van der Waals surface area contributed by atoms with Gasteiger partial charge in [0, 0.05) is 10.2 Å². The summed E-state index contributed by atoms with van der Waals surface area (Å²) in [6, 6.07) is 25.6. The summed E-state index contributed by atoms with van der Waals surface area (Å²) in [6.07, 6.45) is -0.406. The molecule has 0 saturated carbocycles. The second kappa shape index (κ2) is 8.36. The molecule has 146 valence electrons. The molecular formula is C22H20BrN5O. The van der Waals surface area contributed by atoms with Crippen molar-refractivity contribution < 1.29 is 4.74 Å². The quantitative estimate of drug-likeness (QED) is 0.611. The molecule has 0 radical (unpaired) electrons. The van der Waals surface area contributed by atoms with Gasteiger partial charge >= 0.3 is 0 Å². The van der Waals surface area contributed by atoms with Gasteiger partial charge in [-0.15, -0.1) is 0 Å². The van der Waals surface area contributed by atoms with Crippen molar-refractivity contribution in [3.8, 4) is 5.75 Å². The number of guanidine groups is 2. The van der Waals surface area contributed by atoms with E-state index in [-0.39, 0.29) is 5.96 Å². The molecule has 4 N–H and O–H groups in total. The van der Waals surface area contributed by atoms with Crippen LogP contribution >= 0.6 is 15.9 Å². The van der Waals surface area contributed by atoms with E-state index in [0.29, 0.717) is 12.6 Å². The lowest BCUT2D eigenvalue weighted by atomic mass is 10.1. The normalized spacial score (nSPS) is 16.2. The van der Waals surface area contributed by atoms with Crippen molar-refractivity contribution in [3.05, 3.63) is 94.5 Å². The highest BCUT2D eigenvalue weighted by molar-refractivity contribution is 9.10. The number of aliphatic imine (C=N–C) groups is 2. The van der Waals surface area contributed by atoms with Gasteiger partial charge in [-0.2, -0.15) is 4.99 Å². The van der Waals surface area contributed by atoms with Crippen molar-refractivity contribution in [2.24, 2.45) is 21.5 Å². The number of rotatable bonds is 5. The topological polar surface area (TPSA) is 89.2 Å². The summed E-state index contributed by atoms with van der Waals surface area (Å²) in [6.45, 7) is 0.513. The van der Waals surface area contributed by atoms with Crippen LogP contribution in [-0.2, 0) is 6.61 Å².